The van der Waals surface area contributed by atoms with E-state index in [9.17, 15) is 0 Å². The lowest BCUT2D eigenvalue weighted by atomic mass is 10.1. The zero-order chi connectivity index (χ0) is 17.9. The van der Waals surface area contributed by atoms with Crippen molar-refractivity contribution >= 4 is 34.2 Å². The maximum absolute atomic E-state index is 6.03. The normalized spacial score (nSPS) is 14.4. The van der Waals surface area contributed by atoms with Gasteiger partial charge in [-0.15, -0.1) is 12.4 Å². The number of halogens is 1. The molecule has 146 valence electrons. The molecular formula is C20H26ClN3O3. The first kappa shape index (κ1) is 19.6. The number of methoxy groups -OCH3 is 2. The molecular weight excluding hydrogens is 366 g/mol. The van der Waals surface area contributed by atoms with Crippen molar-refractivity contribution in [3.63, 3.8) is 0 Å². The smallest absolute Gasteiger partial charge is 0.223 e. The Balaban J connectivity index is 0.00000210. The number of fused-ring (bicyclic) bond motifs is 3. The summed E-state index contributed by atoms with van der Waals surface area (Å²) in [6.45, 7) is 4.23. The Morgan fingerprint density at radius 3 is 2.63 bits per heavy atom. The minimum atomic E-state index is 0. The number of hydrogen-bond acceptors (Lipinski definition) is 5. The van der Waals surface area contributed by atoms with Crippen LogP contribution < -0.4 is 14.2 Å². The van der Waals surface area contributed by atoms with Gasteiger partial charge in [-0.1, -0.05) is 0 Å². The van der Waals surface area contributed by atoms with Gasteiger partial charge in [-0.3, -0.25) is 0 Å². The van der Waals surface area contributed by atoms with Crippen molar-refractivity contribution < 1.29 is 14.2 Å². The molecule has 0 atom stereocenters. The lowest BCUT2D eigenvalue weighted by Crippen LogP contribution is -2.21. The van der Waals surface area contributed by atoms with E-state index < -0.39 is 0 Å². The third-order valence-electron chi connectivity index (χ3n) is 5.03. The summed E-state index contributed by atoms with van der Waals surface area (Å²) in [5, 5.41) is 1.98. The van der Waals surface area contributed by atoms with Crippen molar-refractivity contribution in [3.05, 3.63) is 24.4 Å². The van der Waals surface area contributed by atoms with Gasteiger partial charge in [0.25, 0.3) is 0 Å². The van der Waals surface area contributed by atoms with Gasteiger partial charge >= 0.3 is 0 Å². The van der Waals surface area contributed by atoms with E-state index in [2.05, 4.69) is 14.9 Å². The predicted molar refractivity (Wildman–Crippen MR) is 110 cm³/mol. The van der Waals surface area contributed by atoms with Crippen LogP contribution in [0.5, 0.6) is 17.4 Å². The summed E-state index contributed by atoms with van der Waals surface area (Å²) in [5.41, 5.74) is 1.97. The van der Waals surface area contributed by atoms with Crippen LogP contribution in [0.15, 0.2) is 24.4 Å². The minimum absolute atomic E-state index is 0. The number of benzene rings is 1. The SMILES string of the molecule is COc1cc2c(cc1OCCCN1CCCC1)[nH]c1ccnc(OC)c12.Cl. The molecule has 0 bridgehead atoms. The van der Waals surface area contributed by atoms with E-state index in [1.54, 1.807) is 20.4 Å². The van der Waals surface area contributed by atoms with Crippen LogP contribution in [-0.4, -0.2) is 55.3 Å². The van der Waals surface area contributed by atoms with Crippen molar-refractivity contribution in [2.45, 2.75) is 19.3 Å². The third-order valence-corrected chi connectivity index (χ3v) is 5.03. The summed E-state index contributed by atoms with van der Waals surface area (Å²) < 4.78 is 17.0. The molecule has 3 aromatic rings. The Labute approximate surface area is 165 Å². The first-order valence-corrected chi connectivity index (χ1v) is 9.17. The van der Waals surface area contributed by atoms with Crippen LogP contribution in [0, 0.1) is 0 Å². The van der Waals surface area contributed by atoms with Gasteiger partial charge in [-0.2, -0.15) is 0 Å². The molecule has 1 fully saturated rings. The zero-order valence-corrected chi connectivity index (χ0v) is 16.6. The van der Waals surface area contributed by atoms with E-state index >= 15 is 0 Å². The van der Waals surface area contributed by atoms with Crippen molar-refractivity contribution in [1.29, 1.82) is 0 Å². The van der Waals surface area contributed by atoms with Gasteiger partial charge in [0, 0.05) is 24.2 Å². The number of aromatic amines is 1. The Morgan fingerprint density at radius 1 is 1.07 bits per heavy atom. The zero-order valence-electron chi connectivity index (χ0n) is 15.8. The van der Waals surface area contributed by atoms with Gasteiger partial charge < -0.3 is 24.1 Å². The molecule has 6 nitrogen and oxygen atoms in total. The highest BCUT2D eigenvalue weighted by Gasteiger charge is 2.15. The number of nitrogens with zero attached hydrogens (tertiary/aromatic N) is 2. The molecule has 0 unspecified atom stereocenters. The Morgan fingerprint density at radius 2 is 1.89 bits per heavy atom. The maximum atomic E-state index is 6.03. The van der Waals surface area contributed by atoms with Crippen LogP contribution in [0.2, 0.25) is 0 Å². The second-order valence-electron chi connectivity index (χ2n) is 6.67. The van der Waals surface area contributed by atoms with E-state index in [1.807, 2.05) is 18.2 Å². The van der Waals surface area contributed by atoms with E-state index in [4.69, 9.17) is 14.2 Å². The summed E-state index contributed by atoms with van der Waals surface area (Å²) in [6.07, 6.45) is 5.41. The number of H-pyrrole nitrogens is 1. The fourth-order valence-electron chi connectivity index (χ4n) is 3.73. The molecule has 27 heavy (non-hydrogen) atoms. The number of ether oxygens (including phenoxy) is 3. The molecule has 7 heteroatoms. The number of pyridine rings is 1. The summed E-state index contributed by atoms with van der Waals surface area (Å²) in [5.74, 6) is 2.10. The second kappa shape index (κ2) is 8.67. The summed E-state index contributed by atoms with van der Waals surface area (Å²) >= 11 is 0. The van der Waals surface area contributed by atoms with Crippen LogP contribution in [0.4, 0.5) is 0 Å². The molecule has 2 aromatic heterocycles. The Kier molecular flexibility index (Phi) is 6.29. The molecule has 1 aliphatic rings. The molecule has 1 saturated heterocycles. The summed E-state index contributed by atoms with van der Waals surface area (Å²) in [7, 11) is 3.30. The van der Waals surface area contributed by atoms with E-state index in [1.165, 1.54) is 25.9 Å². The van der Waals surface area contributed by atoms with E-state index in [0.717, 1.165) is 46.3 Å². The number of rotatable bonds is 7. The van der Waals surface area contributed by atoms with E-state index in [0.29, 0.717) is 12.5 Å². The lowest BCUT2D eigenvalue weighted by Gasteiger charge is -2.15. The minimum Gasteiger partial charge on any atom is -0.493 e. The molecule has 1 aromatic carbocycles. The Hall–Kier alpha value is -2.18. The van der Waals surface area contributed by atoms with Gasteiger partial charge in [-0.25, -0.2) is 4.98 Å². The van der Waals surface area contributed by atoms with E-state index in [-0.39, 0.29) is 12.4 Å². The number of likely N-dealkylation sites (tertiary alicyclic amines) is 1. The quantitative estimate of drug-likeness (QED) is 0.616. The number of hydrogen-bond donors (Lipinski definition) is 1. The van der Waals surface area contributed by atoms with Gasteiger partial charge in [0.1, 0.15) is 0 Å². The van der Waals surface area contributed by atoms with Crippen LogP contribution in [0.1, 0.15) is 19.3 Å². The monoisotopic (exact) mass is 391 g/mol. The lowest BCUT2D eigenvalue weighted by molar-refractivity contribution is 0.254. The van der Waals surface area contributed by atoms with Crippen LogP contribution in [-0.2, 0) is 0 Å². The Bertz CT molecular complexity index is 906. The van der Waals surface area contributed by atoms with Gasteiger partial charge in [0.05, 0.1) is 37.2 Å². The second-order valence-corrected chi connectivity index (χ2v) is 6.67. The fourth-order valence-corrected chi connectivity index (χ4v) is 3.73. The average Bonchev–Trinajstić information content (AvgIpc) is 3.31. The van der Waals surface area contributed by atoms with Gasteiger partial charge in [0.2, 0.25) is 5.88 Å². The number of aromatic nitrogens is 2. The predicted octanol–water partition coefficient (Wildman–Crippen LogP) is 4.02. The molecule has 1 aliphatic heterocycles. The molecule has 0 radical (unpaired) electrons. The summed E-state index contributed by atoms with van der Waals surface area (Å²) in [6, 6.07) is 5.94. The molecule has 1 N–H and O–H groups in total. The van der Waals surface area contributed by atoms with Crippen molar-refractivity contribution in [1.82, 2.24) is 14.9 Å². The molecule has 0 saturated carbocycles. The van der Waals surface area contributed by atoms with Crippen LogP contribution in [0.3, 0.4) is 0 Å². The fraction of sp³-hybridized carbons (Fsp3) is 0.450. The van der Waals surface area contributed by atoms with Crippen molar-refractivity contribution in [2.24, 2.45) is 0 Å². The average molecular weight is 392 g/mol. The van der Waals surface area contributed by atoms with Crippen LogP contribution >= 0.6 is 12.4 Å². The highest BCUT2D eigenvalue weighted by atomic mass is 35.5. The third kappa shape index (κ3) is 3.92. The van der Waals surface area contributed by atoms with Crippen molar-refractivity contribution in [2.75, 3.05) is 40.5 Å². The highest BCUT2D eigenvalue weighted by Crippen LogP contribution is 2.38. The topological polar surface area (TPSA) is 59.6 Å². The first-order valence-electron chi connectivity index (χ1n) is 9.17. The largest absolute Gasteiger partial charge is 0.493 e. The van der Waals surface area contributed by atoms with Crippen molar-refractivity contribution in [3.8, 4) is 17.4 Å². The number of nitrogens with one attached hydrogen (secondary N) is 1. The maximum Gasteiger partial charge on any atom is 0.223 e. The van der Waals surface area contributed by atoms with Crippen LogP contribution in [0.25, 0.3) is 21.8 Å². The molecule has 3 heterocycles. The van der Waals surface area contributed by atoms with Gasteiger partial charge in [0.15, 0.2) is 11.5 Å². The summed E-state index contributed by atoms with van der Waals surface area (Å²) in [4.78, 5) is 10.2. The standard InChI is InChI=1S/C20H25N3O3.ClH/c1-24-17-12-14-16(22-15-6-7-21-20(25-2)19(14)15)13-18(17)26-11-5-10-23-8-3-4-9-23;/h6-7,12-13,22H,3-5,8-11H2,1-2H3;1H. The van der Waals surface area contributed by atoms with Gasteiger partial charge in [-0.05, 0) is 44.5 Å². The highest BCUT2D eigenvalue weighted by molar-refractivity contribution is 6.10. The molecule has 0 spiro atoms. The molecule has 0 aliphatic carbocycles. The first-order chi connectivity index (χ1) is 12.8. The molecule has 0 amide bonds. The molecule has 4 rings (SSSR count).